The minimum absolute atomic E-state index is 0.567. The number of benzene rings is 1. The van der Waals surface area contributed by atoms with Gasteiger partial charge in [-0.2, -0.15) is 0 Å². The molecule has 2 N–H and O–H groups in total. The zero-order valence-electron chi connectivity index (χ0n) is 10.2. The number of hydrogen-bond acceptors (Lipinski definition) is 3. The van der Waals surface area contributed by atoms with Gasteiger partial charge in [-0.15, -0.1) is 0 Å². The molecular formula is C14H17N3. The van der Waals surface area contributed by atoms with Crippen LogP contribution < -0.4 is 10.6 Å². The lowest BCUT2D eigenvalue weighted by Gasteiger charge is -2.20. The van der Waals surface area contributed by atoms with E-state index in [1.807, 2.05) is 38.4 Å². The van der Waals surface area contributed by atoms with Crippen LogP contribution in [-0.4, -0.2) is 12.0 Å². The van der Waals surface area contributed by atoms with Gasteiger partial charge in [0.05, 0.1) is 0 Å². The van der Waals surface area contributed by atoms with Gasteiger partial charge in [-0.3, -0.25) is 4.98 Å². The minimum atomic E-state index is 0.567. The third-order valence-corrected chi connectivity index (χ3v) is 2.80. The molecule has 0 aliphatic carbocycles. The van der Waals surface area contributed by atoms with E-state index in [0.29, 0.717) is 6.54 Å². The summed E-state index contributed by atoms with van der Waals surface area (Å²) in [5.41, 5.74) is 10.1. The lowest BCUT2D eigenvalue weighted by atomic mass is 10.2. The van der Waals surface area contributed by atoms with Crippen molar-refractivity contribution in [3.63, 3.8) is 0 Å². The molecule has 1 heterocycles. The molecule has 0 aliphatic heterocycles. The van der Waals surface area contributed by atoms with Gasteiger partial charge in [0.2, 0.25) is 0 Å². The molecule has 2 rings (SSSR count). The van der Waals surface area contributed by atoms with Gasteiger partial charge in [0.25, 0.3) is 0 Å². The van der Waals surface area contributed by atoms with E-state index in [9.17, 15) is 0 Å². The van der Waals surface area contributed by atoms with E-state index >= 15 is 0 Å². The van der Waals surface area contributed by atoms with E-state index in [4.69, 9.17) is 5.73 Å². The van der Waals surface area contributed by atoms with Crippen LogP contribution in [0.2, 0.25) is 0 Å². The first-order valence-electron chi connectivity index (χ1n) is 5.66. The number of pyridine rings is 1. The molecule has 3 nitrogen and oxygen atoms in total. The molecule has 1 aromatic heterocycles. The van der Waals surface area contributed by atoms with E-state index in [1.165, 1.54) is 0 Å². The maximum atomic E-state index is 5.65. The van der Waals surface area contributed by atoms with Crippen molar-refractivity contribution in [1.82, 2.24) is 4.98 Å². The summed E-state index contributed by atoms with van der Waals surface area (Å²) in [4.78, 5) is 6.34. The van der Waals surface area contributed by atoms with Crippen LogP contribution in [0.3, 0.4) is 0 Å². The Labute approximate surface area is 102 Å². The summed E-state index contributed by atoms with van der Waals surface area (Å²) in [6.07, 6.45) is 1.83. The van der Waals surface area contributed by atoms with Crippen LogP contribution in [-0.2, 0) is 6.54 Å². The molecule has 88 valence electrons. The van der Waals surface area contributed by atoms with Crippen molar-refractivity contribution in [2.24, 2.45) is 5.73 Å². The van der Waals surface area contributed by atoms with Crippen molar-refractivity contribution in [2.45, 2.75) is 13.5 Å². The number of nitrogens with two attached hydrogens (primary N) is 1. The fourth-order valence-corrected chi connectivity index (χ4v) is 1.78. The van der Waals surface area contributed by atoms with Gasteiger partial charge in [0.15, 0.2) is 0 Å². The molecule has 2 aromatic rings. The molecule has 0 fully saturated rings. The second-order valence-corrected chi connectivity index (χ2v) is 4.09. The van der Waals surface area contributed by atoms with E-state index in [2.05, 4.69) is 28.1 Å². The van der Waals surface area contributed by atoms with Gasteiger partial charge < -0.3 is 10.6 Å². The van der Waals surface area contributed by atoms with Gasteiger partial charge in [-0.1, -0.05) is 12.1 Å². The molecule has 0 atom stereocenters. The zero-order valence-corrected chi connectivity index (χ0v) is 10.2. The Bertz CT molecular complexity index is 508. The number of rotatable bonds is 3. The second-order valence-electron chi connectivity index (χ2n) is 4.09. The molecule has 1 aromatic carbocycles. The zero-order chi connectivity index (χ0) is 12.3. The van der Waals surface area contributed by atoms with Crippen LogP contribution in [0.25, 0.3) is 0 Å². The highest BCUT2D eigenvalue weighted by atomic mass is 15.1. The van der Waals surface area contributed by atoms with Crippen molar-refractivity contribution in [3.8, 4) is 0 Å². The highest BCUT2D eigenvalue weighted by Crippen LogP contribution is 2.24. The van der Waals surface area contributed by atoms with Gasteiger partial charge in [-0.25, -0.2) is 0 Å². The molecule has 0 saturated carbocycles. The largest absolute Gasteiger partial charge is 0.345 e. The third kappa shape index (κ3) is 2.63. The van der Waals surface area contributed by atoms with E-state index < -0.39 is 0 Å². The molecule has 0 unspecified atom stereocenters. The normalized spacial score (nSPS) is 10.3. The first-order chi connectivity index (χ1) is 8.20. The van der Waals surface area contributed by atoms with Crippen LogP contribution >= 0.6 is 0 Å². The summed E-state index contributed by atoms with van der Waals surface area (Å²) in [6.45, 7) is 2.56. The smallest absolute Gasteiger partial charge is 0.0441 e. The number of hydrogen-bond donors (Lipinski definition) is 1. The summed E-state index contributed by atoms with van der Waals surface area (Å²) >= 11 is 0. The molecule has 0 amide bonds. The quantitative estimate of drug-likeness (QED) is 0.876. The fourth-order valence-electron chi connectivity index (χ4n) is 1.78. The standard InChI is InChI=1S/C14H17N3/c1-11-8-14(6-7-16-11)17(2)13-5-3-4-12(9-13)10-15/h3-9H,10,15H2,1-2H3. The highest BCUT2D eigenvalue weighted by Gasteiger charge is 2.04. The van der Waals surface area contributed by atoms with Crippen LogP contribution in [0, 0.1) is 6.92 Å². The van der Waals surface area contributed by atoms with E-state index in [0.717, 1.165) is 22.6 Å². The van der Waals surface area contributed by atoms with Crippen molar-refractivity contribution < 1.29 is 0 Å². The number of aryl methyl sites for hydroxylation is 1. The Morgan fingerprint density at radius 1 is 1.18 bits per heavy atom. The van der Waals surface area contributed by atoms with Gasteiger partial charge in [0.1, 0.15) is 0 Å². The Kier molecular flexibility index (Phi) is 3.40. The SMILES string of the molecule is Cc1cc(N(C)c2cccc(CN)c2)ccn1. The minimum Gasteiger partial charge on any atom is -0.345 e. The summed E-state index contributed by atoms with van der Waals surface area (Å²) in [5, 5.41) is 0. The average Bonchev–Trinajstić information content (AvgIpc) is 2.38. The third-order valence-electron chi connectivity index (χ3n) is 2.80. The van der Waals surface area contributed by atoms with Crippen LogP contribution in [0.4, 0.5) is 11.4 Å². The van der Waals surface area contributed by atoms with Crippen LogP contribution in [0.1, 0.15) is 11.3 Å². The Balaban J connectivity index is 2.33. The average molecular weight is 227 g/mol. The predicted octanol–water partition coefficient (Wildman–Crippen LogP) is 2.62. The Hall–Kier alpha value is -1.87. The molecule has 0 bridgehead atoms. The van der Waals surface area contributed by atoms with Gasteiger partial charge in [-0.05, 0) is 36.8 Å². The maximum Gasteiger partial charge on any atom is 0.0441 e. The lowest BCUT2D eigenvalue weighted by molar-refractivity contribution is 1.06. The van der Waals surface area contributed by atoms with Gasteiger partial charge >= 0.3 is 0 Å². The summed E-state index contributed by atoms with van der Waals surface area (Å²) in [5.74, 6) is 0. The molecule has 0 spiro atoms. The molecular weight excluding hydrogens is 210 g/mol. The van der Waals surface area contributed by atoms with Crippen LogP contribution in [0.15, 0.2) is 42.6 Å². The maximum absolute atomic E-state index is 5.65. The van der Waals surface area contributed by atoms with Gasteiger partial charge in [0, 0.05) is 36.9 Å². The molecule has 17 heavy (non-hydrogen) atoms. The number of nitrogens with zero attached hydrogens (tertiary/aromatic N) is 2. The fraction of sp³-hybridized carbons (Fsp3) is 0.214. The lowest BCUT2D eigenvalue weighted by Crippen LogP contribution is -2.10. The van der Waals surface area contributed by atoms with Crippen molar-refractivity contribution in [1.29, 1.82) is 0 Å². The number of aromatic nitrogens is 1. The van der Waals surface area contributed by atoms with E-state index in [-0.39, 0.29) is 0 Å². The first-order valence-corrected chi connectivity index (χ1v) is 5.66. The highest BCUT2D eigenvalue weighted by molar-refractivity contribution is 5.62. The molecule has 0 saturated heterocycles. The Morgan fingerprint density at radius 3 is 2.65 bits per heavy atom. The van der Waals surface area contributed by atoms with Crippen molar-refractivity contribution in [2.75, 3.05) is 11.9 Å². The summed E-state index contributed by atoms with van der Waals surface area (Å²) in [6, 6.07) is 12.3. The Morgan fingerprint density at radius 2 is 1.94 bits per heavy atom. The molecule has 0 radical (unpaired) electrons. The topological polar surface area (TPSA) is 42.1 Å². The first kappa shape index (κ1) is 11.6. The molecule has 3 heteroatoms. The molecule has 0 aliphatic rings. The summed E-state index contributed by atoms with van der Waals surface area (Å²) in [7, 11) is 2.05. The van der Waals surface area contributed by atoms with E-state index in [1.54, 1.807) is 0 Å². The second kappa shape index (κ2) is 4.97. The number of anilines is 2. The van der Waals surface area contributed by atoms with Crippen LogP contribution in [0.5, 0.6) is 0 Å². The van der Waals surface area contributed by atoms with Crippen molar-refractivity contribution in [3.05, 3.63) is 53.9 Å². The monoisotopic (exact) mass is 227 g/mol. The predicted molar refractivity (Wildman–Crippen MR) is 71.4 cm³/mol. The van der Waals surface area contributed by atoms with Crippen molar-refractivity contribution >= 4 is 11.4 Å². The summed E-state index contributed by atoms with van der Waals surface area (Å²) < 4.78 is 0.